The third-order valence-corrected chi connectivity index (χ3v) is 6.01. The van der Waals surface area contributed by atoms with Crippen molar-refractivity contribution < 1.29 is 23.5 Å². The van der Waals surface area contributed by atoms with E-state index in [2.05, 4.69) is 5.32 Å². The summed E-state index contributed by atoms with van der Waals surface area (Å²) in [5.41, 5.74) is 0.855. The molecule has 1 aromatic heterocycles. The lowest BCUT2D eigenvalue weighted by Gasteiger charge is -2.44. The zero-order chi connectivity index (χ0) is 20.9. The molecule has 7 heteroatoms. The minimum absolute atomic E-state index is 0.109. The van der Waals surface area contributed by atoms with Gasteiger partial charge in [-0.15, -0.1) is 0 Å². The van der Waals surface area contributed by atoms with E-state index in [0.717, 1.165) is 25.8 Å². The van der Waals surface area contributed by atoms with Gasteiger partial charge in [-0.1, -0.05) is 12.8 Å². The van der Waals surface area contributed by atoms with E-state index >= 15 is 0 Å². The molecular formula is C23H26N2O5. The molecule has 0 bridgehead atoms. The van der Waals surface area contributed by atoms with Crippen molar-refractivity contribution in [3.8, 4) is 0 Å². The molecule has 2 aliphatic rings. The number of carbonyl (C=O) groups is 3. The maximum Gasteiger partial charge on any atom is 0.338 e. The van der Waals surface area contributed by atoms with Gasteiger partial charge in [0.25, 0.3) is 11.8 Å². The third-order valence-electron chi connectivity index (χ3n) is 6.01. The van der Waals surface area contributed by atoms with Crippen LogP contribution in [0.4, 0.5) is 5.69 Å². The first-order chi connectivity index (χ1) is 14.6. The summed E-state index contributed by atoms with van der Waals surface area (Å²) in [6, 6.07) is 9.83. The van der Waals surface area contributed by atoms with Gasteiger partial charge in [-0.25, -0.2) is 4.79 Å². The highest BCUT2D eigenvalue weighted by Crippen LogP contribution is 2.35. The Morgan fingerprint density at radius 2 is 1.80 bits per heavy atom. The molecule has 7 nitrogen and oxygen atoms in total. The number of ether oxygens (including phenoxy) is 1. The Hall–Kier alpha value is -3.09. The summed E-state index contributed by atoms with van der Waals surface area (Å²) in [6.45, 7) is 0.515. The van der Waals surface area contributed by atoms with E-state index in [1.807, 2.05) is 4.90 Å². The summed E-state index contributed by atoms with van der Waals surface area (Å²) >= 11 is 0. The van der Waals surface area contributed by atoms with Gasteiger partial charge in [0.15, 0.2) is 12.4 Å². The predicted octanol–water partition coefficient (Wildman–Crippen LogP) is 3.87. The summed E-state index contributed by atoms with van der Waals surface area (Å²) in [7, 11) is 0. The number of furan rings is 1. The van der Waals surface area contributed by atoms with Gasteiger partial charge in [0.05, 0.1) is 11.8 Å². The second-order valence-electron chi connectivity index (χ2n) is 7.93. The van der Waals surface area contributed by atoms with Gasteiger partial charge in [0.1, 0.15) is 0 Å². The number of likely N-dealkylation sites (tertiary alicyclic amines) is 1. The van der Waals surface area contributed by atoms with Gasteiger partial charge in [-0.3, -0.25) is 9.59 Å². The minimum atomic E-state index is -0.551. The molecule has 2 heterocycles. The molecule has 2 amide bonds. The van der Waals surface area contributed by atoms with E-state index in [-0.39, 0.29) is 24.2 Å². The molecule has 4 rings (SSSR count). The topological polar surface area (TPSA) is 88.9 Å². The van der Waals surface area contributed by atoms with E-state index in [1.54, 1.807) is 36.4 Å². The Morgan fingerprint density at radius 3 is 2.57 bits per heavy atom. The number of esters is 1. The number of benzene rings is 1. The zero-order valence-electron chi connectivity index (χ0n) is 16.8. The van der Waals surface area contributed by atoms with E-state index in [4.69, 9.17) is 9.15 Å². The van der Waals surface area contributed by atoms with Gasteiger partial charge in [-0.05, 0) is 68.0 Å². The molecule has 0 radical (unpaired) electrons. The Balaban J connectivity index is 1.29. The number of piperidine rings is 1. The van der Waals surface area contributed by atoms with Crippen LogP contribution in [0.15, 0.2) is 47.1 Å². The lowest BCUT2D eigenvalue weighted by Crippen LogP contribution is -2.50. The Kier molecular flexibility index (Phi) is 6.16. The van der Waals surface area contributed by atoms with Gasteiger partial charge in [0.2, 0.25) is 0 Å². The van der Waals surface area contributed by atoms with Crippen molar-refractivity contribution in [3.05, 3.63) is 54.0 Å². The molecule has 1 saturated carbocycles. The van der Waals surface area contributed by atoms with Crippen LogP contribution in [0.2, 0.25) is 0 Å². The Morgan fingerprint density at radius 1 is 1.03 bits per heavy atom. The molecule has 1 aromatic carbocycles. The van der Waals surface area contributed by atoms with Crippen LogP contribution >= 0.6 is 0 Å². The molecule has 1 saturated heterocycles. The largest absolute Gasteiger partial charge is 0.459 e. The normalized spacial score (nSPS) is 20.9. The van der Waals surface area contributed by atoms with Gasteiger partial charge < -0.3 is 19.4 Å². The lowest BCUT2D eigenvalue weighted by molar-refractivity contribution is -0.140. The Labute approximate surface area is 175 Å². The summed E-state index contributed by atoms with van der Waals surface area (Å²) in [4.78, 5) is 38.9. The highest BCUT2D eigenvalue weighted by molar-refractivity contribution is 6.02. The molecule has 1 aliphatic carbocycles. The van der Waals surface area contributed by atoms with Gasteiger partial charge >= 0.3 is 5.97 Å². The fourth-order valence-corrected chi connectivity index (χ4v) is 4.52. The average molecular weight is 410 g/mol. The minimum Gasteiger partial charge on any atom is -0.459 e. The second kappa shape index (κ2) is 9.15. The number of fused-ring (bicyclic) bond motifs is 1. The van der Waals surface area contributed by atoms with Crippen LogP contribution in [0.5, 0.6) is 0 Å². The molecule has 0 unspecified atom stereocenters. The number of rotatable bonds is 5. The number of hydrogen-bond donors (Lipinski definition) is 1. The van der Waals surface area contributed by atoms with Crippen LogP contribution in [0.25, 0.3) is 0 Å². The fourth-order valence-electron chi connectivity index (χ4n) is 4.52. The van der Waals surface area contributed by atoms with Crippen molar-refractivity contribution in [3.63, 3.8) is 0 Å². The van der Waals surface area contributed by atoms with Crippen LogP contribution in [-0.2, 0) is 9.53 Å². The number of anilines is 1. The maximum atomic E-state index is 12.7. The fraction of sp³-hybridized carbons (Fsp3) is 0.435. The predicted molar refractivity (Wildman–Crippen MR) is 110 cm³/mol. The maximum absolute atomic E-state index is 12.7. The highest BCUT2D eigenvalue weighted by atomic mass is 16.5. The van der Waals surface area contributed by atoms with Crippen molar-refractivity contribution in [2.75, 3.05) is 18.5 Å². The monoisotopic (exact) mass is 410 g/mol. The number of nitrogens with one attached hydrogen (secondary N) is 1. The molecule has 2 aromatic rings. The van der Waals surface area contributed by atoms with Crippen LogP contribution < -0.4 is 5.32 Å². The van der Waals surface area contributed by atoms with Crippen LogP contribution in [0, 0.1) is 5.92 Å². The lowest BCUT2D eigenvalue weighted by atomic mass is 9.78. The average Bonchev–Trinajstić information content (AvgIpc) is 3.32. The molecule has 1 aliphatic heterocycles. The third kappa shape index (κ3) is 4.56. The number of nitrogens with zero attached hydrogens (tertiary/aromatic N) is 1. The molecule has 1 N–H and O–H groups in total. The standard InChI is InChI=1S/C23H26N2O5/c26-21(25-13-3-6-16-5-1-2-7-19(16)25)15-30-23(28)17-9-11-18(12-10-17)24-22(27)20-8-4-14-29-20/h4,8-12,14,16,19H,1-3,5-7,13,15H2,(H,24,27)/t16-,19+/m1/s1. The molecule has 158 valence electrons. The molecular weight excluding hydrogens is 384 g/mol. The van der Waals surface area contributed by atoms with Crippen molar-refractivity contribution in [2.24, 2.45) is 5.92 Å². The van der Waals surface area contributed by atoms with Crippen molar-refractivity contribution in [1.29, 1.82) is 0 Å². The van der Waals surface area contributed by atoms with E-state index in [9.17, 15) is 14.4 Å². The number of carbonyl (C=O) groups excluding carboxylic acids is 3. The first kappa shape index (κ1) is 20.2. The first-order valence-electron chi connectivity index (χ1n) is 10.5. The molecule has 2 atom stereocenters. The number of hydrogen-bond acceptors (Lipinski definition) is 5. The summed E-state index contributed by atoms with van der Waals surface area (Å²) in [6.07, 6.45) is 8.28. The van der Waals surface area contributed by atoms with Gasteiger partial charge in [-0.2, -0.15) is 0 Å². The van der Waals surface area contributed by atoms with E-state index in [1.165, 1.54) is 25.5 Å². The number of amides is 2. The van der Waals surface area contributed by atoms with Crippen molar-refractivity contribution in [1.82, 2.24) is 4.90 Å². The zero-order valence-corrected chi connectivity index (χ0v) is 16.8. The summed E-state index contributed by atoms with van der Waals surface area (Å²) in [5, 5.41) is 2.68. The van der Waals surface area contributed by atoms with Crippen LogP contribution in [-0.4, -0.2) is 41.9 Å². The van der Waals surface area contributed by atoms with Crippen LogP contribution in [0.3, 0.4) is 0 Å². The van der Waals surface area contributed by atoms with E-state index < -0.39 is 5.97 Å². The summed E-state index contributed by atoms with van der Waals surface area (Å²) < 4.78 is 10.3. The molecule has 2 fully saturated rings. The Bertz CT molecular complexity index is 889. The highest BCUT2D eigenvalue weighted by Gasteiger charge is 2.35. The quantitative estimate of drug-likeness (QED) is 0.756. The summed E-state index contributed by atoms with van der Waals surface area (Å²) in [5.74, 6) is -0.235. The first-order valence-corrected chi connectivity index (χ1v) is 10.5. The van der Waals surface area contributed by atoms with Gasteiger partial charge in [0, 0.05) is 18.3 Å². The van der Waals surface area contributed by atoms with Crippen molar-refractivity contribution in [2.45, 2.75) is 44.6 Å². The van der Waals surface area contributed by atoms with Crippen LogP contribution in [0.1, 0.15) is 59.4 Å². The SMILES string of the molecule is O=C(OCC(=O)N1CCC[C@H]2CCCC[C@@H]21)c1ccc(NC(=O)c2ccco2)cc1. The smallest absolute Gasteiger partial charge is 0.338 e. The van der Waals surface area contributed by atoms with Crippen molar-refractivity contribution >= 4 is 23.5 Å². The second-order valence-corrected chi connectivity index (χ2v) is 7.93. The molecule has 0 spiro atoms. The van der Waals surface area contributed by atoms with E-state index in [0.29, 0.717) is 23.2 Å². The molecule has 30 heavy (non-hydrogen) atoms.